The van der Waals surface area contributed by atoms with Crippen LogP contribution in [0.1, 0.15) is 16.7 Å². The Labute approximate surface area is 144 Å². The minimum atomic E-state index is -3.99. The van der Waals surface area contributed by atoms with Gasteiger partial charge in [0, 0.05) is 5.57 Å². The Balaban J connectivity index is 2.56. The van der Waals surface area contributed by atoms with Crippen molar-refractivity contribution in [2.45, 2.75) is 9.79 Å². The molecule has 25 heavy (non-hydrogen) atoms. The van der Waals surface area contributed by atoms with Crippen LogP contribution in [0, 0.1) is 35.8 Å². The molecule has 2 aromatic carbocycles. The first kappa shape index (κ1) is 16.0. The van der Waals surface area contributed by atoms with E-state index in [1.807, 2.05) is 6.07 Å². The number of hydrogen-bond acceptors (Lipinski definition) is 4. The third-order valence-corrected chi connectivity index (χ3v) is 5.61. The van der Waals surface area contributed by atoms with Gasteiger partial charge in [0.2, 0.25) is 9.84 Å². The molecule has 0 atom stereocenters. The van der Waals surface area contributed by atoms with E-state index in [4.69, 9.17) is 18.4 Å². The Morgan fingerprint density at radius 3 is 2.20 bits per heavy atom. The summed E-state index contributed by atoms with van der Waals surface area (Å²) in [4.78, 5) is 6.16. The van der Waals surface area contributed by atoms with Crippen molar-refractivity contribution in [3.63, 3.8) is 0 Å². The molecule has 1 heterocycles. The van der Waals surface area contributed by atoms with Gasteiger partial charge in [0.25, 0.3) is 5.70 Å². The molecular formula is C18H6N4O2S. The first-order valence-electron chi connectivity index (χ1n) is 6.81. The van der Waals surface area contributed by atoms with Crippen LogP contribution in [0.5, 0.6) is 0 Å². The molecule has 1 aliphatic heterocycles. The quantitative estimate of drug-likeness (QED) is 0.462. The van der Waals surface area contributed by atoms with Gasteiger partial charge in [-0.2, -0.15) is 5.26 Å². The second-order valence-electron chi connectivity index (χ2n) is 5.07. The zero-order valence-electron chi connectivity index (χ0n) is 12.5. The zero-order chi connectivity index (χ0) is 18.2. The molecule has 116 valence electrons. The highest BCUT2D eigenvalue weighted by Crippen LogP contribution is 2.44. The second kappa shape index (κ2) is 5.62. The minimum absolute atomic E-state index is 0.128. The average Bonchev–Trinajstić information content (AvgIpc) is 2.64. The van der Waals surface area contributed by atoms with Gasteiger partial charge >= 0.3 is 0 Å². The maximum atomic E-state index is 13.0. The molecule has 7 heteroatoms. The molecule has 1 aliphatic rings. The molecule has 0 fully saturated rings. The second-order valence-corrected chi connectivity index (χ2v) is 6.95. The molecule has 0 aromatic heterocycles. The van der Waals surface area contributed by atoms with E-state index in [0.29, 0.717) is 0 Å². The normalized spacial score (nSPS) is 15.4. The summed E-state index contributed by atoms with van der Waals surface area (Å²) < 4.78 is 26.0. The Morgan fingerprint density at radius 1 is 1.00 bits per heavy atom. The summed E-state index contributed by atoms with van der Waals surface area (Å²) in [5.74, 6) is 0. The summed E-state index contributed by atoms with van der Waals surface area (Å²) in [6.07, 6.45) is 0. The van der Waals surface area contributed by atoms with Crippen LogP contribution < -0.4 is 0 Å². The third-order valence-electron chi connectivity index (χ3n) is 3.78. The molecule has 0 saturated heterocycles. The summed E-state index contributed by atoms with van der Waals surface area (Å²) in [6.45, 7) is 14.3. The van der Waals surface area contributed by atoms with Gasteiger partial charge in [-0.1, -0.05) is 18.2 Å². The number of benzene rings is 2. The van der Waals surface area contributed by atoms with Crippen molar-refractivity contribution in [3.8, 4) is 12.1 Å². The van der Waals surface area contributed by atoms with Crippen molar-refractivity contribution in [1.82, 2.24) is 0 Å². The molecule has 2 aromatic rings. The Bertz CT molecular complexity index is 1150. The fourth-order valence-corrected chi connectivity index (χ4v) is 4.40. The number of sulfone groups is 1. The lowest BCUT2D eigenvalue weighted by molar-refractivity contribution is 0.594. The number of nitriles is 2. The topological polar surface area (TPSA) is 90.4 Å². The van der Waals surface area contributed by atoms with Gasteiger partial charge in [0.1, 0.15) is 0 Å². The number of allylic oxidation sites excluding steroid dienone is 1. The Hall–Kier alpha value is -3.91. The smallest absolute Gasteiger partial charge is 0.238 e. The first-order valence-corrected chi connectivity index (χ1v) is 8.29. The maximum Gasteiger partial charge on any atom is 0.270 e. The van der Waals surface area contributed by atoms with Crippen LogP contribution in [0.2, 0.25) is 0 Å². The molecule has 0 saturated carbocycles. The summed E-state index contributed by atoms with van der Waals surface area (Å²) >= 11 is 0. The van der Waals surface area contributed by atoms with E-state index in [9.17, 15) is 13.7 Å². The van der Waals surface area contributed by atoms with Gasteiger partial charge in [-0.05, 0) is 29.3 Å². The van der Waals surface area contributed by atoms with E-state index < -0.39 is 9.84 Å². The van der Waals surface area contributed by atoms with Crippen molar-refractivity contribution in [2.75, 3.05) is 0 Å². The molecule has 0 aliphatic carbocycles. The van der Waals surface area contributed by atoms with E-state index in [2.05, 4.69) is 9.69 Å². The fourth-order valence-electron chi connectivity index (χ4n) is 2.69. The first-order chi connectivity index (χ1) is 12.0. The summed E-state index contributed by atoms with van der Waals surface area (Å²) in [5.41, 5.74) is 0.624. The third kappa shape index (κ3) is 2.25. The van der Waals surface area contributed by atoms with E-state index in [0.717, 1.165) is 0 Å². The number of fused-ring (bicyclic) bond motifs is 2. The Morgan fingerprint density at radius 2 is 1.64 bits per heavy atom. The monoisotopic (exact) mass is 342 g/mol. The lowest BCUT2D eigenvalue weighted by Crippen LogP contribution is -2.15. The molecule has 0 unspecified atom stereocenters. The van der Waals surface area contributed by atoms with Gasteiger partial charge in [-0.15, -0.1) is 0 Å². The fraction of sp³-hybridized carbons (Fsp3) is 0. The van der Waals surface area contributed by atoms with Crippen molar-refractivity contribution in [3.05, 3.63) is 81.6 Å². The summed E-state index contributed by atoms with van der Waals surface area (Å²) in [7, 11) is -3.99. The van der Waals surface area contributed by atoms with E-state index in [-0.39, 0.29) is 43.4 Å². The van der Waals surface area contributed by atoms with Gasteiger partial charge in [-0.3, -0.25) is 0 Å². The van der Waals surface area contributed by atoms with E-state index in [1.165, 1.54) is 36.4 Å². The summed E-state index contributed by atoms with van der Waals surface area (Å²) in [5, 5.41) is 18.3. The van der Waals surface area contributed by atoms with Crippen molar-refractivity contribution >= 4 is 21.1 Å². The summed E-state index contributed by atoms with van der Waals surface area (Å²) in [6, 6.07) is 11.8. The largest absolute Gasteiger partial charge is 0.270 e. The SMILES string of the molecule is [C-]#[N+]/C(C#N)=C1/c2ccc(C#N)cc2S(=O)(=O)c2cc([N+]#[C-])ccc21. The molecule has 0 N–H and O–H groups in total. The minimum Gasteiger partial charge on any atom is -0.238 e. The van der Waals surface area contributed by atoms with Crippen LogP contribution in [0.25, 0.3) is 15.3 Å². The standard InChI is InChI=1S/C18H6N4O2S/c1-21-12-4-6-14-17(8-12)25(23,24)16-7-11(9-19)3-5-13(16)18(14)15(10-20)22-2/h3-8H/b18-15-. The highest BCUT2D eigenvalue weighted by molar-refractivity contribution is 7.91. The van der Waals surface area contributed by atoms with E-state index in [1.54, 1.807) is 6.07 Å². The van der Waals surface area contributed by atoms with Crippen molar-refractivity contribution in [2.24, 2.45) is 0 Å². The molecule has 0 amide bonds. The maximum absolute atomic E-state index is 13.0. The van der Waals surface area contributed by atoms with Gasteiger partial charge < -0.3 is 0 Å². The molecule has 6 nitrogen and oxygen atoms in total. The van der Waals surface area contributed by atoms with Gasteiger partial charge in [0.15, 0.2) is 5.69 Å². The van der Waals surface area contributed by atoms with E-state index >= 15 is 0 Å². The van der Waals surface area contributed by atoms with Crippen LogP contribution in [0.4, 0.5) is 5.69 Å². The van der Waals surface area contributed by atoms with Crippen LogP contribution in [-0.4, -0.2) is 8.42 Å². The predicted octanol–water partition coefficient (Wildman–Crippen LogP) is 3.46. The number of nitrogens with zero attached hydrogens (tertiary/aromatic N) is 4. The number of hydrogen-bond donors (Lipinski definition) is 0. The highest BCUT2D eigenvalue weighted by atomic mass is 32.2. The van der Waals surface area contributed by atoms with Crippen molar-refractivity contribution < 1.29 is 8.42 Å². The van der Waals surface area contributed by atoms with Crippen LogP contribution >= 0.6 is 0 Å². The lowest BCUT2D eigenvalue weighted by atomic mass is 9.94. The zero-order valence-corrected chi connectivity index (χ0v) is 13.3. The van der Waals surface area contributed by atoms with Crippen LogP contribution in [0.3, 0.4) is 0 Å². The highest BCUT2D eigenvalue weighted by Gasteiger charge is 2.34. The van der Waals surface area contributed by atoms with Crippen LogP contribution in [-0.2, 0) is 9.84 Å². The predicted molar refractivity (Wildman–Crippen MR) is 87.5 cm³/mol. The molecule has 0 radical (unpaired) electrons. The Kier molecular flexibility index (Phi) is 3.59. The molecular weight excluding hydrogens is 336 g/mol. The van der Waals surface area contributed by atoms with Crippen molar-refractivity contribution in [1.29, 1.82) is 10.5 Å². The average molecular weight is 342 g/mol. The van der Waals surface area contributed by atoms with Gasteiger partial charge in [-0.25, -0.2) is 23.4 Å². The van der Waals surface area contributed by atoms with Gasteiger partial charge in [0.05, 0.1) is 40.6 Å². The molecule has 0 bridgehead atoms. The van der Waals surface area contributed by atoms with Crippen LogP contribution in [0.15, 0.2) is 51.9 Å². The lowest BCUT2D eigenvalue weighted by Gasteiger charge is -2.23. The number of rotatable bonds is 0. The molecule has 0 spiro atoms. The molecule has 3 rings (SSSR count).